The Hall–Kier alpha value is -0.780. The van der Waals surface area contributed by atoms with Crippen LogP contribution in [0.1, 0.15) is 39.0 Å². The number of ether oxygens (including phenoxy) is 1. The molecule has 0 N–H and O–H groups in total. The molecular formula is C16H21NOTe. The van der Waals surface area contributed by atoms with Crippen LogP contribution in [0.3, 0.4) is 0 Å². The van der Waals surface area contributed by atoms with Gasteiger partial charge in [0.1, 0.15) is 0 Å². The summed E-state index contributed by atoms with van der Waals surface area (Å²) in [4.78, 5) is 4.60. The molecule has 0 bridgehead atoms. The molecule has 3 heteroatoms. The van der Waals surface area contributed by atoms with Crippen molar-refractivity contribution in [2.75, 3.05) is 7.11 Å². The van der Waals surface area contributed by atoms with E-state index in [4.69, 9.17) is 4.74 Å². The molecule has 0 unspecified atom stereocenters. The molecule has 19 heavy (non-hydrogen) atoms. The van der Waals surface area contributed by atoms with E-state index < -0.39 is 0 Å². The number of hydrogen-bond acceptors (Lipinski definition) is 2. The Morgan fingerprint density at radius 1 is 1.16 bits per heavy atom. The van der Waals surface area contributed by atoms with Crippen molar-refractivity contribution in [3.63, 3.8) is 0 Å². The van der Waals surface area contributed by atoms with Gasteiger partial charge in [0.25, 0.3) is 0 Å². The number of fused-ring (bicyclic) bond motifs is 1. The number of benzene rings is 1. The molecule has 0 atom stereocenters. The normalized spacial score (nSPS) is 14.2. The van der Waals surface area contributed by atoms with Crippen LogP contribution in [0, 0.1) is 0 Å². The van der Waals surface area contributed by atoms with Gasteiger partial charge in [-0.15, -0.1) is 0 Å². The molecule has 0 radical (unpaired) electrons. The number of methoxy groups -OCH3 is 1. The van der Waals surface area contributed by atoms with Crippen LogP contribution in [0.15, 0.2) is 39.0 Å². The standard InChI is InChI=1S/C16H21NOTe/c1-3-4-5-6-9-13-12-16(18-2)17-14-10-7-8-11-15(14)19-13/h7-8,10-12H,3-6,9H2,1-2H3. The Labute approximate surface area is 126 Å². The van der Waals surface area contributed by atoms with E-state index in [1.807, 2.05) is 0 Å². The minimum absolute atomic E-state index is 0.285. The van der Waals surface area contributed by atoms with Gasteiger partial charge in [0.2, 0.25) is 0 Å². The van der Waals surface area contributed by atoms with Crippen molar-refractivity contribution < 1.29 is 4.74 Å². The Balaban J connectivity index is 2.09. The van der Waals surface area contributed by atoms with Crippen LogP contribution in [0.4, 0.5) is 5.69 Å². The number of allylic oxidation sites excluding steroid dienone is 1. The van der Waals surface area contributed by atoms with Crippen LogP contribution in [-0.2, 0) is 4.74 Å². The minimum atomic E-state index is -0.285. The molecule has 0 saturated heterocycles. The first-order valence-electron chi connectivity index (χ1n) is 6.93. The van der Waals surface area contributed by atoms with E-state index in [1.165, 1.54) is 35.7 Å². The first-order valence-corrected chi connectivity index (χ1v) is 9.26. The summed E-state index contributed by atoms with van der Waals surface area (Å²) >= 11 is -0.285. The summed E-state index contributed by atoms with van der Waals surface area (Å²) in [6.45, 7) is 2.25. The Bertz CT molecular complexity index is 479. The van der Waals surface area contributed by atoms with E-state index in [0.717, 1.165) is 11.6 Å². The summed E-state index contributed by atoms with van der Waals surface area (Å²) in [5.74, 6) is 0.764. The zero-order chi connectivity index (χ0) is 13.5. The van der Waals surface area contributed by atoms with Crippen LogP contribution in [0.2, 0.25) is 0 Å². The SMILES string of the molecule is CCCCCCC1=CC(OC)=Nc2ccccc2[Te]1. The second kappa shape index (κ2) is 7.72. The quantitative estimate of drug-likeness (QED) is 0.573. The van der Waals surface area contributed by atoms with E-state index in [9.17, 15) is 0 Å². The second-order valence-corrected chi connectivity index (χ2v) is 7.98. The summed E-state index contributed by atoms with van der Waals surface area (Å²) in [6.07, 6.45) is 8.65. The fraction of sp³-hybridized carbons (Fsp3) is 0.438. The number of aliphatic imine (C=N–C) groups is 1. The third-order valence-corrected chi connectivity index (χ3v) is 6.39. The van der Waals surface area contributed by atoms with Gasteiger partial charge in [0.05, 0.1) is 0 Å². The molecule has 2 rings (SSSR count). The zero-order valence-electron chi connectivity index (χ0n) is 11.7. The van der Waals surface area contributed by atoms with Crippen LogP contribution in [0.5, 0.6) is 0 Å². The topological polar surface area (TPSA) is 21.6 Å². The monoisotopic (exact) mass is 373 g/mol. The molecular weight excluding hydrogens is 350 g/mol. The maximum absolute atomic E-state index is 5.38. The summed E-state index contributed by atoms with van der Waals surface area (Å²) < 4.78 is 8.37. The molecule has 1 heterocycles. The van der Waals surface area contributed by atoms with E-state index in [1.54, 1.807) is 10.7 Å². The molecule has 1 aromatic carbocycles. The maximum atomic E-state index is 5.38. The Morgan fingerprint density at radius 2 is 2.00 bits per heavy atom. The van der Waals surface area contributed by atoms with Gasteiger partial charge in [-0.05, 0) is 0 Å². The first-order chi connectivity index (χ1) is 9.33. The summed E-state index contributed by atoms with van der Waals surface area (Å²) in [5, 5.41) is 0. The third-order valence-electron chi connectivity index (χ3n) is 3.11. The van der Waals surface area contributed by atoms with Crippen molar-refractivity contribution in [3.05, 3.63) is 34.0 Å². The molecule has 0 saturated carbocycles. The Kier molecular flexibility index (Phi) is 5.94. The predicted molar refractivity (Wildman–Crippen MR) is 82.8 cm³/mol. The Morgan fingerprint density at radius 3 is 2.79 bits per heavy atom. The zero-order valence-corrected chi connectivity index (χ0v) is 14.0. The number of para-hydroxylation sites is 1. The average molecular weight is 371 g/mol. The average Bonchev–Trinajstić information content (AvgIpc) is 2.62. The van der Waals surface area contributed by atoms with Gasteiger partial charge in [-0.3, -0.25) is 0 Å². The van der Waals surface area contributed by atoms with Gasteiger partial charge in [-0.25, -0.2) is 0 Å². The first kappa shape index (κ1) is 14.6. The van der Waals surface area contributed by atoms with Crippen molar-refractivity contribution >= 4 is 36.1 Å². The molecule has 1 aromatic rings. The van der Waals surface area contributed by atoms with Crippen molar-refractivity contribution in [1.29, 1.82) is 0 Å². The summed E-state index contributed by atoms with van der Waals surface area (Å²) in [5.41, 5.74) is 1.10. The van der Waals surface area contributed by atoms with Gasteiger partial charge in [-0.2, -0.15) is 0 Å². The fourth-order valence-electron chi connectivity index (χ4n) is 2.05. The van der Waals surface area contributed by atoms with Crippen LogP contribution in [0.25, 0.3) is 0 Å². The van der Waals surface area contributed by atoms with E-state index >= 15 is 0 Å². The van der Waals surface area contributed by atoms with Crippen molar-refractivity contribution in [1.82, 2.24) is 0 Å². The summed E-state index contributed by atoms with van der Waals surface area (Å²) in [6, 6.07) is 8.48. The van der Waals surface area contributed by atoms with Gasteiger partial charge >= 0.3 is 126 Å². The van der Waals surface area contributed by atoms with E-state index in [2.05, 4.69) is 42.3 Å². The predicted octanol–water partition coefficient (Wildman–Crippen LogP) is 3.56. The number of unbranched alkanes of at least 4 members (excludes halogenated alkanes) is 3. The van der Waals surface area contributed by atoms with E-state index in [-0.39, 0.29) is 20.9 Å². The van der Waals surface area contributed by atoms with Crippen molar-refractivity contribution in [2.45, 2.75) is 39.0 Å². The molecule has 0 amide bonds. The van der Waals surface area contributed by atoms with Crippen LogP contribution >= 0.6 is 0 Å². The second-order valence-electron chi connectivity index (χ2n) is 4.65. The number of nitrogens with zero attached hydrogens (tertiary/aromatic N) is 1. The van der Waals surface area contributed by atoms with Crippen LogP contribution < -0.4 is 3.61 Å². The molecule has 0 fully saturated rings. The van der Waals surface area contributed by atoms with Gasteiger partial charge in [-0.1, -0.05) is 0 Å². The summed E-state index contributed by atoms with van der Waals surface area (Å²) in [7, 11) is 1.71. The van der Waals surface area contributed by atoms with E-state index in [0.29, 0.717) is 0 Å². The molecule has 1 aliphatic heterocycles. The van der Waals surface area contributed by atoms with Gasteiger partial charge in [0.15, 0.2) is 0 Å². The van der Waals surface area contributed by atoms with Crippen molar-refractivity contribution in [2.24, 2.45) is 4.99 Å². The van der Waals surface area contributed by atoms with Crippen molar-refractivity contribution in [3.8, 4) is 0 Å². The molecule has 2 nitrogen and oxygen atoms in total. The third kappa shape index (κ3) is 4.37. The van der Waals surface area contributed by atoms with Crippen LogP contribution in [-0.4, -0.2) is 33.9 Å². The number of rotatable bonds is 5. The number of hydrogen-bond donors (Lipinski definition) is 0. The van der Waals surface area contributed by atoms with Gasteiger partial charge in [0, 0.05) is 0 Å². The van der Waals surface area contributed by atoms with Gasteiger partial charge < -0.3 is 0 Å². The molecule has 0 spiro atoms. The molecule has 102 valence electrons. The molecule has 0 aromatic heterocycles. The molecule has 1 aliphatic rings. The fourth-order valence-corrected chi connectivity index (χ4v) is 5.06. The molecule has 0 aliphatic carbocycles.